The molecule has 2 aromatic rings. The SMILES string of the molecule is CCCN(CCC)CCNC(=O)C1CCN(Cc2nc(-c3ccc(OC)c(OC)c3)no2)CC1. The molecule has 1 amide bonds. The number of methoxy groups -OCH3 is 2. The fraction of sp³-hybridized carbons (Fsp3) is 0.640. The Morgan fingerprint density at radius 1 is 1.12 bits per heavy atom. The van der Waals surface area contributed by atoms with E-state index in [4.69, 9.17) is 14.0 Å². The van der Waals surface area contributed by atoms with Gasteiger partial charge in [0.25, 0.3) is 0 Å². The van der Waals surface area contributed by atoms with Crippen LogP contribution in [-0.2, 0) is 11.3 Å². The number of piperidine rings is 1. The van der Waals surface area contributed by atoms with Gasteiger partial charge in [0.15, 0.2) is 11.5 Å². The van der Waals surface area contributed by atoms with Gasteiger partial charge in [0.1, 0.15) is 0 Å². The summed E-state index contributed by atoms with van der Waals surface area (Å²) < 4.78 is 16.1. The van der Waals surface area contributed by atoms with Crippen molar-refractivity contribution in [3.05, 3.63) is 24.1 Å². The zero-order valence-corrected chi connectivity index (χ0v) is 21.0. The minimum absolute atomic E-state index is 0.0760. The molecule has 0 atom stereocenters. The largest absolute Gasteiger partial charge is 0.493 e. The number of aromatic nitrogens is 2. The molecule has 0 aliphatic carbocycles. The van der Waals surface area contributed by atoms with Crippen molar-refractivity contribution in [2.75, 3.05) is 53.5 Å². The van der Waals surface area contributed by atoms with Gasteiger partial charge in [0, 0.05) is 24.6 Å². The maximum Gasteiger partial charge on any atom is 0.241 e. The first kappa shape index (κ1) is 26.0. The molecular weight excluding hydrogens is 434 g/mol. The van der Waals surface area contributed by atoms with Gasteiger partial charge in [-0.15, -0.1) is 0 Å². The molecule has 0 spiro atoms. The van der Waals surface area contributed by atoms with Gasteiger partial charge in [-0.2, -0.15) is 4.98 Å². The molecule has 3 rings (SSSR count). The highest BCUT2D eigenvalue weighted by Gasteiger charge is 2.26. The number of hydrogen-bond acceptors (Lipinski definition) is 8. The molecule has 9 heteroatoms. The molecule has 0 unspecified atom stereocenters. The average molecular weight is 474 g/mol. The quantitative estimate of drug-likeness (QED) is 0.474. The number of benzene rings is 1. The van der Waals surface area contributed by atoms with E-state index in [1.54, 1.807) is 14.2 Å². The standard InChI is InChI=1S/C25H39N5O4/c1-5-12-29(13-6-2)16-11-26-25(31)19-9-14-30(15-10-19)18-23-27-24(28-34-23)20-7-8-21(32-3)22(17-20)33-4/h7-8,17,19H,5-6,9-16,18H2,1-4H3,(H,26,31). The molecule has 0 radical (unpaired) electrons. The highest BCUT2D eigenvalue weighted by molar-refractivity contribution is 5.78. The summed E-state index contributed by atoms with van der Waals surface area (Å²) >= 11 is 0. The summed E-state index contributed by atoms with van der Waals surface area (Å²) in [7, 11) is 3.20. The molecule has 9 nitrogen and oxygen atoms in total. The molecule has 1 saturated heterocycles. The van der Waals surface area contributed by atoms with Crippen molar-refractivity contribution >= 4 is 5.91 Å². The van der Waals surface area contributed by atoms with Crippen LogP contribution in [0.5, 0.6) is 11.5 Å². The molecular formula is C25H39N5O4. The monoisotopic (exact) mass is 473 g/mol. The van der Waals surface area contributed by atoms with Crippen molar-refractivity contribution in [3.8, 4) is 22.9 Å². The van der Waals surface area contributed by atoms with Crippen LogP contribution >= 0.6 is 0 Å². The molecule has 0 saturated carbocycles. The fourth-order valence-electron chi connectivity index (χ4n) is 4.41. The Kier molecular flexibility index (Phi) is 10.2. The highest BCUT2D eigenvalue weighted by Crippen LogP contribution is 2.31. The van der Waals surface area contributed by atoms with Crippen LogP contribution in [0.4, 0.5) is 0 Å². The average Bonchev–Trinajstić information content (AvgIpc) is 3.32. The zero-order chi connectivity index (χ0) is 24.3. The summed E-state index contributed by atoms with van der Waals surface area (Å²) in [5.41, 5.74) is 0.805. The van der Waals surface area contributed by atoms with E-state index in [1.165, 1.54) is 0 Å². The van der Waals surface area contributed by atoms with E-state index in [0.717, 1.165) is 70.5 Å². The molecule has 188 valence electrons. The summed E-state index contributed by atoms with van der Waals surface area (Å²) in [5.74, 6) is 2.62. The number of hydrogen-bond donors (Lipinski definition) is 1. The van der Waals surface area contributed by atoms with Gasteiger partial charge < -0.3 is 24.2 Å². The van der Waals surface area contributed by atoms with E-state index in [1.807, 2.05) is 18.2 Å². The molecule has 1 aromatic carbocycles. The Bertz CT molecular complexity index is 889. The number of likely N-dealkylation sites (tertiary alicyclic amines) is 1. The zero-order valence-electron chi connectivity index (χ0n) is 21.0. The molecule has 2 heterocycles. The summed E-state index contributed by atoms with van der Waals surface area (Å²) in [5, 5.41) is 7.27. The lowest BCUT2D eigenvalue weighted by molar-refractivity contribution is -0.126. The van der Waals surface area contributed by atoms with Gasteiger partial charge in [-0.05, 0) is 70.1 Å². The Balaban J connectivity index is 1.44. The van der Waals surface area contributed by atoms with E-state index < -0.39 is 0 Å². The van der Waals surface area contributed by atoms with Crippen molar-refractivity contribution in [3.63, 3.8) is 0 Å². The third-order valence-corrected chi connectivity index (χ3v) is 6.23. The van der Waals surface area contributed by atoms with Crippen LogP contribution in [0.2, 0.25) is 0 Å². The van der Waals surface area contributed by atoms with Crippen molar-refractivity contribution < 1.29 is 18.8 Å². The van der Waals surface area contributed by atoms with Gasteiger partial charge in [0.2, 0.25) is 17.6 Å². The summed E-state index contributed by atoms with van der Waals surface area (Å²) in [6.45, 7) is 10.5. The van der Waals surface area contributed by atoms with Crippen LogP contribution in [0, 0.1) is 5.92 Å². The van der Waals surface area contributed by atoms with Crippen molar-refractivity contribution in [2.24, 2.45) is 5.92 Å². The molecule has 1 aliphatic heterocycles. The number of carbonyl (C=O) groups is 1. The van der Waals surface area contributed by atoms with Crippen LogP contribution in [0.25, 0.3) is 11.4 Å². The van der Waals surface area contributed by atoms with E-state index in [2.05, 4.69) is 39.1 Å². The first-order valence-corrected chi connectivity index (χ1v) is 12.3. The third-order valence-electron chi connectivity index (χ3n) is 6.23. The van der Waals surface area contributed by atoms with Crippen LogP contribution < -0.4 is 14.8 Å². The Hall–Kier alpha value is -2.65. The summed E-state index contributed by atoms with van der Waals surface area (Å²) in [6, 6.07) is 5.54. The third kappa shape index (κ3) is 7.17. The first-order chi connectivity index (χ1) is 16.6. The highest BCUT2D eigenvalue weighted by atomic mass is 16.5. The van der Waals surface area contributed by atoms with Crippen molar-refractivity contribution in [1.82, 2.24) is 25.3 Å². The van der Waals surface area contributed by atoms with Gasteiger partial charge >= 0.3 is 0 Å². The van der Waals surface area contributed by atoms with E-state index >= 15 is 0 Å². The van der Waals surface area contributed by atoms with Gasteiger partial charge in [-0.1, -0.05) is 19.0 Å². The predicted molar refractivity (Wildman–Crippen MR) is 131 cm³/mol. The Morgan fingerprint density at radius 2 is 1.82 bits per heavy atom. The van der Waals surface area contributed by atoms with Gasteiger partial charge in [0.05, 0.1) is 20.8 Å². The lowest BCUT2D eigenvalue weighted by Crippen LogP contribution is -2.42. The van der Waals surface area contributed by atoms with E-state index in [0.29, 0.717) is 29.8 Å². The smallest absolute Gasteiger partial charge is 0.241 e. The van der Waals surface area contributed by atoms with Crippen molar-refractivity contribution in [2.45, 2.75) is 46.1 Å². The Morgan fingerprint density at radius 3 is 2.47 bits per heavy atom. The van der Waals surface area contributed by atoms with Crippen molar-refractivity contribution in [1.29, 1.82) is 0 Å². The molecule has 1 aromatic heterocycles. The van der Waals surface area contributed by atoms with Crippen LogP contribution in [0.3, 0.4) is 0 Å². The number of nitrogens with zero attached hydrogens (tertiary/aromatic N) is 4. The maximum atomic E-state index is 12.6. The second-order valence-corrected chi connectivity index (χ2v) is 8.76. The fourth-order valence-corrected chi connectivity index (χ4v) is 4.41. The number of ether oxygens (including phenoxy) is 2. The first-order valence-electron chi connectivity index (χ1n) is 12.3. The molecule has 1 aliphatic rings. The van der Waals surface area contributed by atoms with Gasteiger partial charge in [-0.25, -0.2) is 0 Å². The second kappa shape index (κ2) is 13.3. The number of nitrogens with one attached hydrogen (secondary N) is 1. The number of carbonyl (C=O) groups excluding carboxylic acids is 1. The minimum Gasteiger partial charge on any atom is -0.493 e. The van der Waals surface area contributed by atoms with E-state index in [-0.39, 0.29) is 11.8 Å². The van der Waals surface area contributed by atoms with Crippen LogP contribution in [0.15, 0.2) is 22.7 Å². The lowest BCUT2D eigenvalue weighted by Gasteiger charge is -2.30. The normalized spacial score (nSPS) is 15.0. The minimum atomic E-state index is 0.0760. The molecule has 34 heavy (non-hydrogen) atoms. The van der Waals surface area contributed by atoms with Gasteiger partial charge in [-0.3, -0.25) is 9.69 Å². The summed E-state index contributed by atoms with van der Waals surface area (Å²) in [4.78, 5) is 21.8. The predicted octanol–water partition coefficient (Wildman–Crippen LogP) is 3.20. The molecule has 1 fully saturated rings. The molecule has 0 bridgehead atoms. The van der Waals surface area contributed by atoms with Crippen LogP contribution in [0.1, 0.15) is 45.4 Å². The number of amides is 1. The maximum absolute atomic E-state index is 12.6. The topological polar surface area (TPSA) is 93.0 Å². The summed E-state index contributed by atoms with van der Waals surface area (Å²) in [6.07, 6.45) is 3.97. The lowest BCUT2D eigenvalue weighted by atomic mass is 9.96. The molecule has 1 N–H and O–H groups in total. The van der Waals surface area contributed by atoms with E-state index in [9.17, 15) is 4.79 Å². The Labute approximate surface area is 202 Å². The number of rotatable bonds is 13. The second-order valence-electron chi connectivity index (χ2n) is 8.76. The van der Waals surface area contributed by atoms with Crippen LogP contribution in [-0.4, -0.2) is 79.3 Å².